The number of nitrogens with zero attached hydrogens (tertiary/aromatic N) is 1. The van der Waals surface area contributed by atoms with Gasteiger partial charge in [-0.25, -0.2) is 0 Å². The fourth-order valence-electron chi connectivity index (χ4n) is 2.52. The van der Waals surface area contributed by atoms with Gasteiger partial charge in [-0.05, 0) is 50.0 Å². The zero-order valence-corrected chi connectivity index (χ0v) is 12.2. The van der Waals surface area contributed by atoms with Crippen molar-refractivity contribution in [1.29, 1.82) is 0 Å². The van der Waals surface area contributed by atoms with E-state index < -0.39 is 0 Å². The monoisotopic (exact) mass is 263 g/mol. The molecule has 1 aliphatic heterocycles. The molecule has 0 saturated carbocycles. The molecule has 0 atom stereocenters. The summed E-state index contributed by atoms with van der Waals surface area (Å²) in [5.41, 5.74) is 1.31. The maximum absolute atomic E-state index is 5.68. The van der Waals surface area contributed by atoms with Crippen molar-refractivity contribution in [3.8, 4) is 11.5 Å². The Morgan fingerprint density at radius 3 is 2.58 bits per heavy atom. The molecule has 0 bridgehead atoms. The molecule has 3 nitrogen and oxygen atoms in total. The van der Waals surface area contributed by atoms with Crippen LogP contribution in [0.1, 0.15) is 38.2 Å². The Morgan fingerprint density at radius 1 is 1.11 bits per heavy atom. The van der Waals surface area contributed by atoms with Crippen LogP contribution in [-0.2, 0) is 6.54 Å². The smallest absolute Gasteiger partial charge is 0.161 e. The predicted molar refractivity (Wildman–Crippen MR) is 77.9 cm³/mol. The van der Waals surface area contributed by atoms with Crippen LogP contribution < -0.4 is 9.47 Å². The second kappa shape index (κ2) is 7.39. The molecule has 1 fully saturated rings. The Morgan fingerprint density at radius 2 is 1.89 bits per heavy atom. The van der Waals surface area contributed by atoms with E-state index in [1.54, 1.807) is 7.11 Å². The van der Waals surface area contributed by atoms with Crippen molar-refractivity contribution >= 4 is 0 Å². The highest BCUT2D eigenvalue weighted by Crippen LogP contribution is 2.29. The van der Waals surface area contributed by atoms with Crippen molar-refractivity contribution in [2.45, 2.75) is 39.2 Å². The van der Waals surface area contributed by atoms with Crippen LogP contribution in [0.3, 0.4) is 0 Å². The van der Waals surface area contributed by atoms with Crippen molar-refractivity contribution in [3.05, 3.63) is 23.8 Å². The molecule has 1 aliphatic rings. The summed E-state index contributed by atoms with van der Waals surface area (Å²) in [4.78, 5) is 2.52. The highest BCUT2D eigenvalue weighted by Gasteiger charge is 2.12. The Kier molecular flexibility index (Phi) is 5.52. The summed E-state index contributed by atoms with van der Waals surface area (Å²) in [5, 5.41) is 0. The summed E-state index contributed by atoms with van der Waals surface area (Å²) in [5.74, 6) is 1.70. The summed E-state index contributed by atoms with van der Waals surface area (Å²) >= 11 is 0. The van der Waals surface area contributed by atoms with Gasteiger partial charge in [0.05, 0.1) is 13.7 Å². The summed E-state index contributed by atoms with van der Waals surface area (Å²) in [6.45, 7) is 6.30. The molecule has 19 heavy (non-hydrogen) atoms. The molecule has 0 aromatic heterocycles. The van der Waals surface area contributed by atoms with Crippen molar-refractivity contribution in [2.24, 2.45) is 0 Å². The standard InChI is InChI=1S/C16H25NO2/c1-3-11-19-15-8-7-14(12-16(15)18-2)13-17-9-5-4-6-10-17/h7-8,12H,3-6,9-11,13H2,1-2H3. The van der Waals surface area contributed by atoms with E-state index in [0.717, 1.165) is 31.1 Å². The van der Waals surface area contributed by atoms with Gasteiger partial charge in [-0.15, -0.1) is 0 Å². The van der Waals surface area contributed by atoms with E-state index in [2.05, 4.69) is 24.0 Å². The molecule has 0 N–H and O–H groups in total. The van der Waals surface area contributed by atoms with Crippen LogP contribution >= 0.6 is 0 Å². The Bertz CT molecular complexity index is 386. The quantitative estimate of drug-likeness (QED) is 0.784. The molecule has 106 valence electrons. The molecule has 0 radical (unpaired) electrons. The topological polar surface area (TPSA) is 21.7 Å². The third-order valence-electron chi connectivity index (χ3n) is 3.54. The summed E-state index contributed by atoms with van der Waals surface area (Å²) in [6, 6.07) is 6.30. The normalized spacial score (nSPS) is 16.3. The highest BCUT2D eigenvalue weighted by atomic mass is 16.5. The third-order valence-corrected chi connectivity index (χ3v) is 3.54. The Balaban J connectivity index is 2.00. The fourth-order valence-corrected chi connectivity index (χ4v) is 2.52. The highest BCUT2D eigenvalue weighted by molar-refractivity contribution is 5.42. The minimum Gasteiger partial charge on any atom is -0.493 e. The van der Waals surface area contributed by atoms with E-state index >= 15 is 0 Å². The van der Waals surface area contributed by atoms with Crippen molar-refractivity contribution < 1.29 is 9.47 Å². The molecule has 3 heteroatoms. The van der Waals surface area contributed by atoms with Crippen molar-refractivity contribution in [1.82, 2.24) is 4.90 Å². The van der Waals surface area contributed by atoms with Gasteiger partial charge in [0.25, 0.3) is 0 Å². The van der Waals surface area contributed by atoms with Gasteiger partial charge in [-0.2, -0.15) is 0 Å². The Labute approximate surface area is 116 Å². The number of hydrogen-bond acceptors (Lipinski definition) is 3. The average Bonchev–Trinajstić information content (AvgIpc) is 2.47. The second-order valence-electron chi connectivity index (χ2n) is 5.17. The van der Waals surface area contributed by atoms with Crippen LogP contribution in [-0.4, -0.2) is 31.7 Å². The van der Waals surface area contributed by atoms with E-state index in [4.69, 9.17) is 9.47 Å². The third kappa shape index (κ3) is 4.13. The molecule has 2 rings (SSSR count). The zero-order chi connectivity index (χ0) is 13.5. The summed E-state index contributed by atoms with van der Waals surface area (Å²) in [7, 11) is 1.71. The number of ether oxygens (including phenoxy) is 2. The first-order chi connectivity index (χ1) is 9.33. The van der Waals surface area contributed by atoms with Crippen LogP contribution in [0.15, 0.2) is 18.2 Å². The molecule has 0 amide bonds. The van der Waals surface area contributed by atoms with Crippen LogP contribution in [0.5, 0.6) is 11.5 Å². The first-order valence-electron chi connectivity index (χ1n) is 7.35. The summed E-state index contributed by atoms with van der Waals surface area (Å²) in [6.07, 6.45) is 5.05. The lowest BCUT2D eigenvalue weighted by Crippen LogP contribution is -2.29. The minimum atomic E-state index is 0.738. The molecule has 1 aromatic carbocycles. The van der Waals surface area contributed by atoms with E-state index in [1.165, 1.54) is 37.9 Å². The van der Waals surface area contributed by atoms with Gasteiger partial charge >= 0.3 is 0 Å². The molecule has 0 spiro atoms. The fraction of sp³-hybridized carbons (Fsp3) is 0.625. The molecule has 0 unspecified atom stereocenters. The van der Waals surface area contributed by atoms with Crippen LogP contribution in [0.4, 0.5) is 0 Å². The number of likely N-dealkylation sites (tertiary alicyclic amines) is 1. The number of rotatable bonds is 6. The first-order valence-corrected chi connectivity index (χ1v) is 7.35. The van der Waals surface area contributed by atoms with Crippen molar-refractivity contribution in [2.75, 3.05) is 26.8 Å². The van der Waals surface area contributed by atoms with Gasteiger partial charge in [0.2, 0.25) is 0 Å². The largest absolute Gasteiger partial charge is 0.493 e. The Hall–Kier alpha value is -1.22. The second-order valence-corrected chi connectivity index (χ2v) is 5.17. The van der Waals surface area contributed by atoms with Crippen LogP contribution in [0.25, 0.3) is 0 Å². The van der Waals surface area contributed by atoms with Crippen molar-refractivity contribution in [3.63, 3.8) is 0 Å². The molecule has 0 aliphatic carbocycles. The number of hydrogen-bond donors (Lipinski definition) is 0. The van der Waals surface area contributed by atoms with Gasteiger partial charge in [-0.3, -0.25) is 4.90 Å². The molecular formula is C16H25NO2. The number of methoxy groups -OCH3 is 1. The van der Waals surface area contributed by atoms with Gasteiger partial charge in [0.1, 0.15) is 0 Å². The zero-order valence-electron chi connectivity index (χ0n) is 12.2. The lowest BCUT2D eigenvalue weighted by atomic mass is 10.1. The number of benzene rings is 1. The van der Waals surface area contributed by atoms with E-state index in [9.17, 15) is 0 Å². The predicted octanol–water partition coefficient (Wildman–Crippen LogP) is 3.47. The molecule has 1 heterocycles. The molecule has 1 aromatic rings. The molecule has 1 saturated heterocycles. The van der Waals surface area contributed by atoms with Gasteiger partial charge < -0.3 is 9.47 Å². The molecular weight excluding hydrogens is 238 g/mol. The lowest BCUT2D eigenvalue weighted by molar-refractivity contribution is 0.220. The lowest BCUT2D eigenvalue weighted by Gasteiger charge is -2.26. The SMILES string of the molecule is CCCOc1ccc(CN2CCCCC2)cc1OC. The average molecular weight is 263 g/mol. The van der Waals surface area contributed by atoms with Gasteiger partial charge in [0, 0.05) is 6.54 Å². The van der Waals surface area contributed by atoms with Crippen LogP contribution in [0, 0.1) is 0 Å². The van der Waals surface area contributed by atoms with E-state index in [1.807, 2.05) is 6.07 Å². The minimum absolute atomic E-state index is 0.738. The first kappa shape index (κ1) is 14.2. The van der Waals surface area contributed by atoms with E-state index in [-0.39, 0.29) is 0 Å². The maximum atomic E-state index is 5.68. The summed E-state index contributed by atoms with van der Waals surface area (Å²) < 4.78 is 11.1. The van der Waals surface area contributed by atoms with E-state index in [0.29, 0.717) is 0 Å². The van der Waals surface area contributed by atoms with Gasteiger partial charge in [-0.1, -0.05) is 19.4 Å². The van der Waals surface area contributed by atoms with Crippen LogP contribution in [0.2, 0.25) is 0 Å². The van der Waals surface area contributed by atoms with Gasteiger partial charge in [0.15, 0.2) is 11.5 Å². The maximum Gasteiger partial charge on any atom is 0.161 e. The number of piperidine rings is 1.